The van der Waals surface area contributed by atoms with Gasteiger partial charge in [-0.2, -0.15) is 0 Å². The largest absolute Gasteiger partial charge is 0.385 e. The molecule has 0 aliphatic heterocycles. The minimum absolute atomic E-state index is 0.919. The fraction of sp³-hybridized carbons (Fsp3) is 0.300. The Kier molecular flexibility index (Phi) is 3.96. The molecule has 0 fully saturated rings. The number of benzene rings is 1. The molecule has 70 valence electrons. The third-order valence-electron chi connectivity index (χ3n) is 1.73. The van der Waals surface area contributed by atoms with Gasteiger partial charge in [-0.1, -0.05) is 22.9 Å². The molecule has 0 aliphatic carbocycles. The lowest BCUT2D eigenvalue weighted by molar-refractivity contribution is 0.979. The summed E-state index contributed by atoms with van der Waals surface area (Å²) in [6.45, 7) is 3.07. The van der Waals surface area contributed by atoms with Gasteiger partial charge in [0.2, 0.25) is 0 Å². The fourth-order valence-electron chi connectivity index (χ4n) is 1.07. The molecule has 0 amide bonds. The van der Waals surface area contributed by atoms with Crippen LogP contribution in [0.3, 0.4) is 0 Å². The first-order valence-corrected chi connectivity index (χ1v) is 5.11. The van der Waals surface area contributed by atoms with E-state index in [4.69, 9.17) is 5.41 Å². The standard InChI is InChI=1S/C10H13BrN2/c1-2-5-13-10-4-3-9(11)6-8(10)7-12/h3-4,6-7,12-13H,2,5H2,1H3. The lowest BCUT2D eigenvalue weighted by Gasteiger charge is -2.07. The van der Waals surface area contributed by atoms with Crippen LogP contribution in [0.15, 0.2) is 22.7 Å². The predicted molar refractivity (Wildman–Crippen MR) is 60.8 cm³/mol. The molecule has 2 N–H and O–H groups in total. The van der Waals surface area contributed by atoms with Gasteiger partial charge < -0.3 is 10.7 Å². The molecule has 1 aromatic rings. The summed E-state index contributed by atoms with van der Waals surface area (Å²) in [6.07, 6.45) is 2.45. The highest BCUT2D eigenvalue weighted by Crippen LogP contribution is 2.19. The number of anilines is 1. The van der Waals surface area contributed by atoms with Gasteiger partial charge >= 0.3 is 0 Å². The van der Waals surface area contributed by atoms with Gasteiger partial charge in [-0.3, -0.25) is 0 Å². The van der Waals surface area contributed by atoms with Gasteiger partial charge in [0.05, 0.1) is 0 Å². The van der Waals surface area contributed by atoms with Crippen molar-refractivity contribution in [1.82, 2.24) is 0 Å². The number of hydrogen-bond acceptors (Lipinski definition) is 2. The van der Waals surface area contributed by atoms with E-state index in [-0.39, 0.29) is 0 Å². The smallest absolute Gasteiger partial charge is 0.0429 e. The maximum Gasteiger partial charge on any atom is 0.0429 e. The van der Waals surface area contributed by atoms with Crippen LogP contribution in [0, 0.1) is 5.41 Å². The molecule has 0 spiro atoms. The molecular formula is C10H13BrN2. The van der Waals surface area contributed by atoms with Crippen molar-refractivity contribution in [2.24, 2.45) is 0 Å². The quantitative estimate of drug-likeness (QED) is 0.779. The first-order chi connectivity index (χ1) is 6.27. The summed E-state index contributed by atoms with van der Waals surface area (Å²) >= 11 is 3.37. The molecule has 0 aromatic heterocycles. The molecule has 0 atom stereocenters. The van der Waals surface area contributed by atoms with Crippen molar-refractivity contribution in [2.45, 2.75) is 13.3 Å². The van der Waals surface area contributed by atoms with Crippen LogP contribution >= 0.6 is 15.9 Å². The second kappa shape index (κ2) is 5.02. The summed E-state index contributed by atoms with van der Waals surface area (Å²) in [5.41, 5.74) is 1.95. The van der Waals surface area contributed by atoms with Crippen LogP contribution < -0.4 is 5.32 Å². The van der Waals surface area contributed by atoms with Gasteiger partial charge in [-0.15, -0.1) is 0 Å². The fourth-order valence-corrected chi connectivity index (χ4v) is 1.45. The minimum Gasteiger partial charge on any atom is -0.385 e. The van der Waals surface area contributed by atoms with Gasteiger partial charge in [-0.25, -0.2) is 0 Å². The van der Waals surface area contributed by atoms with Crippen LogP contribution in [0.2, 0.25) is 0 Å². The number of nitrogens with one attached hydrogen (secondary N) is 2. The molecule has 0 unspecified atom stereocenters. The molecular weight excluding hydrogens is 228 g/mol. The first-order valence-electron chi connectivity index (χ1n) is 4.32. The van der Waals surface area contributed by atoms with Crippen molar-refractivity contribution in [3.05, 3.63) is 28.2 Å². The van der Waals surface area contributed by atoms with Gasteiger partial charge in [0.1, 0.15) is 0 Å². The minimum atomic E-state index is 0.919. The molecule has 0 bridgehead atoms. The Bertz CT molecular complexity index is 297. The highest BCUT2D eigenvalue weighted by atomic mass is 79.9. The molecule has 13 heavy (non-hydrogen) atoms. The van der Waals surface area contributed by atoms with E-state index in [1.54, 1.807) is 0 Å². The monoisotopic (exact) mass is 240 g/mol. The van der Waals surface area contributed by atoms with Crippen LogP contribution in [0.5, 0.6) is 0 Å². The molecule has 2 nitrogen and oxygen atoms in total. The zero-order chi connectivity index (χ0) is 9.68. The highest BCUT2D eigenvalue weighted by molar-refractivity contribution is 9.10. The van der Waals surface area contributed by atoms with Gasteiger partial charge in [0, 0.05) is 28.5 Å². The van der Waals surface area contributed by atoms with Crippen LogP contribution in [0.4, 0.5) is 5.69 Å². The zero-order valence-electron chi connectivity index (χ0n) is 7.60. The van der Waals surface area contributed by atoms with E-state index in [0.29, 0.717) is 0 Å². The lowest BCUT2D eigenvalue weighted by atomic mass is 10.2. The summed E-state index contributed by atoms with van der Waals surface area (Å²) < 4.78 is 1.01. The average Bonchev–Trinajstić information content (AvgIpc) is 2.16. The van der Waals surface area contributed by atoms with E-state index in [0.717, 1.165) is 28.7 Å². The maximum absolute atomic E-state index is 7.23. The van der Waals surface area contributed by atoms with E-state index < -0.39 is 0 Å². The third-order valence-corrected chi connectivity index (χ3v) is 2.23. The van der Waals surface area contributed by atoms with Crippen molar-refractivity contribution in [3.8, 4) is 0 Å². The predicted octanol–water partition coefficient (Wildman–Crippen LogP) is 3.27. The highest BCUT2D eigenvalue weighted by Gasteiger charge is 1.98. The van der Waals surface area contributed by atoms with Crippen LogP contribution in [0.25, 0.3) is 0 Å². The normalized spacial score (nSPS) is 9.69. The van der Waals surface area contributed by atoms with Gasteiger partial charge in [0.15, 0.2) is 0 Å². The summed E-state index contributed by atoms with van der Waals surface area (Å²) in [5.74, 6) is 0. The number of rotatable bonds is 4. The van der Waals surface area contributed by atoms with E-state index >= 15 is 0 Å². The Morgan fingerprint density at radius 1 is 1.54 bits per heavy atom. The van der Waals surface area contributed by atoms with E-state index in [9.17, 15) is 0 Å². The third kappa shape index (κ3) is 2.84. The molecule has 0 heterocycles. The molecule has 0 saturated carbocycles. The van der Waals surface area contributed by atoms with Gasteiger partial charge in [-0.05, 0) is 24.6 Å². The summed E-state index contributed by atoms with van der Waals surface area (Å²) in [7, 11) is 0. The summed E-state index contributed by atoms with van der Waals surface area (Å²) in [6, 6.07) is 5.90. The van der Waals surface area contributed by atoms with Crippen molar-refractivity contribution in [2.75, 3.05) is 11.9 Å². The Morgan fingerprint density at radius 2 is 2.31 bits per heavy atom. The second-order valence-corrected chi connectivity index (χ2v) is 3.72. The molecule has 0 saturated heterocycles. The van der Waals surface area contributed by atoms with Gasteiger partial charge in [0.25, 0.3) is 0 Å². The maximum atomic E-state index is 7.23. The Labute approximate surface area is 87.0 Å². The van der Waals surface area contributed by atoms with Crippen LogP contribution in [-0.4, -0.2) is 12.8 Å². The zero-order valence-corrected chi connectivity index (χ0v) is 9.19. The lowest BCUT2D eigenvalue weighted by Crippen LogP contribution is -2.02. The first kappa shape index (κ1) is 10.3. The van der Waals surface area contributed by atoms with Crippen LogP contribution in [0.1, 0.15) is 18.9 Å². The number of halogens is 1. The SMILES string of the molecule is CCCNc1ccc(Br)cc1C=N. The van der Waals surface area contributed by atoms with Crippen molar-refractivity contribution >= 4 is 27.8 Å². The molecule has 3 heteroatoms. The Balaban J connectivity index is 2.86. The van der Waals surface area contributed by atoms with Crippen LogP contribution in [-0.2, 0) is 0 Å². The van der Waals surface area contributed by atoms with Crippen molar-refractivity contribution < 1.29 is 0 Å². The van der Waals surface area contributed by atoms with Crippen molar-refractivity contribution in [3.63, 3.8) is 0 Å². The molecule has 0 radical (unpaired) electrons. The van der Waals surface area contributed by atoms with E-state index in [1.165, 1.54) is 6.21 Å². The summed E-state index contributed by atoms with van der Waals surface area (Å²) in [4.78, 5) is 0. The molecule has 1 aromatic carbocycles. The second-order valence-electron chi connectivity index (χ2n) is 2.80. The van der Waals surface area contributed by atoms with E-state index in [2.05, 4.69) is 28.2 Å². The Morgan fingerprint density at radius 3 is 2.92 bits per heavy atom. The average molecular weight is 241 g/mol. The number of hydrogen-bond donors (Lipinski definition) is 2. The molecule has 1 rings (SSSR count). The van der Waals surface area contributed by atoms with E-state index in [1.807, 2.05) is 18.2 Å². The van der Waals surface area contributed by atoms with Crippen molar-refractivity contribution in [1.29, 1.82) is 5.41 Å². The Hall–Kier alpha value is -0.830. The summed E-state index contributed by atoms with van der Waals surface area (Å²) in [5, 5.41) is 10.5. The topological polar surface area (TPSA) is 35.9 Å². The molecule has 0 aliphatic rings.